The standard InChI is InChI=1S/C14H19N3O4/c1-8-11(5-6-13(19)20)9(2)17(14(21)15-8)7-12(18)16-10-3-4-10/h10H,3-7H2,1-2H3,(H,16,18)(H,19,20). The number of nitrogens with one attached hydrogen (secondary N) is 1. The molecule has 0 spiro atoms. The molecule has 0 bridgehead atoms. The van der Waals surface area contributed by atoms with Gasteiger partial charge in [0.1, 0.15) is 6.54 Å². The number of carbonyl (C=O) groups is 2. The van der Waals surface area contributed by atoms with Crippen molar-refractivity contribution in [2.75, 3.05) is 0 Å². The van der Waals surface area contributed by atoms with Crippen molar-refractivity contribution in [1.29, 1.82) is 0 Å². The molecule has 1 aliphatic carbocycles. The summed E-state index contributed by atoms with van der Waals surface area (Å²) in [5, 5.41) is 11.6. The minimum Gasteiger partial charge on any atom is -0.481 e. The third-order valence-electron chi connectivity index (χ3n) is 3.61. The van der Waals surface area contributed by atoms with Crippen molar-refractivity contribution in [2.45, 2.75) is 52.1 Å². The summed E-state index contributed by atoms with van der Waals surface area (Å²) in [6.07, 6.45) is 2.23. The van der Waals surface area contributed by atoms with Crippen LogP contribution in [0.15, 0.2) is 4.79 Å². The highest BCUT2D eigenvalue weighted by molar-refractivity contribution is 5.76. The van der Waals surface area contributed by atoms with Crippen LogP contribution in [0.3, 0.4) is 0 Å². The molecule has 0 saturated heterocycles. The van der Waals surface area contributed by atoms with Crippen molar-refractivity contribution in [1.82, 2.24) is 14.9 Å². The van der Waals surface area contributed by atoms with Crippen LogP contribution in [0, 0.1) is 13.8 Å². The first-order valence-electron chi connectivity index (χ1n) is 6.96. The van der Waals surface area contributed by atoms with E-state index in [2.05, 4.69) is 10.3 Å². The zero-order chi connectivity index (χ0) is 15.6. The number of hydrogen-bond acceptors (Lipinski definition) is 4. The quantitative estimate of drug-likeness (QED) is 0.777. The molecule has 1 heterocycles. The van der Waals surface area contributed by atoms with Gasteiger partial charge in [0.2, 0.25) is 5.91 Å². The third-order valence-corrected chi connectivity index (χ3v) is 3.61. The molecule has 1 aromatic rings. The Morgan fingerprint density at radius 1 is 1.38 bits per heavy atom. The number of amides is 1. The SMILES string of the molecule is Cc1nc(=O)n(CC(=O)NC2CC2)c(C)c1CCC(=O)O. The van der Waals surface area contributed by atoms with Crippen molar-refractivity contribution in [2.24, 2.45) is 0 Å². The lowest BCUT2D eigenvalue weighted by atomic mass is 10.1. The van der Waals surface area contributed by atoms with Gasteiger partial charge in [-0.15, -0.1) is 0 Å². The number of carboxylic acids is 1. The van der Waals surface area contributed by atoms with Gasteiger partial charge >= 0.3 is 11.7 Å². The molecule has 2 rings (SSSR count). The minimum absolute atomic E-state index is 0.0319. The summed E-state index contributed by atoms with van der Waals surface area (Å²) in [5.74, 6) is -1.12. The van der Waals surface area contributed by atoms with E-state index in [4.69, 9.17) is 5.11 Å². The number of carboxylic acid groups (broad SMARTS) is 1. The molecule has 1 aromatic heterocycles. The van der Waals surface area contributed by atoms with Crippen LogP contribution >= 0.6 is 0 Å². The van der Waals surface area contributed by atoms with Gasteiger partial charge in [-0.1, -0.05) is 0 Å². The summed E-state index contributed by atoms with van der Waals surface area (Å²) in [5.41, 5.74) is 1.38. The van der Waals surface area contributed by atoms with E-state index in [0.29, 0.717) is 17.8 Å². The Balaban J connectivity index is 2.22. The maximum atomic E-state index is 11.9. The summed E-state index contributed by atoms with van der Waals surface area (Å²) in [4.78, 5) is 38.4. The fraction of sp³-hybridized carbons (Fsp3) is 0.571. The van der Waals surface area contributed by atoms with Crippen molar-refractivity contribution < 1.29 is 14.7 Å². The molecular formula is C14H19N3O4. The number of nitrogens with zero attached hydrogens (tertiary/aromatic N) is 2. The number of rotatable bonds is 6. The zero-order valence-corrected chi connectivity index (χ0v) is 12.2. The minimum atomic E-state index is -0.905. The summed E-state index contributed by atoms with van der Waals surface area (Å²) >= 11 is 0. The number of carbonyl (C=O) groups excluding carboxylic acids is 1. The van der Waals surface area contributed by atoms with Crippen LogP contribution in [0.25, 0.3) is 0 Å². The van der Waals surface area contributed by atoms with Crippen LogP contribution in [-0.4, -0.2) is 32.6 Å². The molecule has 114 valence electrons. The molecule has 7 heteroatoms. The lowest BCUT2D eigenvalue weighted by Crippen LogP contribution is -2.36. The van der Waals surface area contributed by atoms with Gasteiger partial charge < -0.3 is 10.4 Å². The van der Waals surface area contributed by atoms with E-state index >= 15 is 0 Å². The Morgan fingerprint density at radius 3 is 2.62 bits per heavy atom. The molecule has 1 fully saturated rings. The predicted octanol–water partition coefficient (Wildman–Crippen LogP) is 0.156. The van der Waals surface area contributed by atoms with E-state index in [0.717, 1.165) is 18.4 Å². The first-order chi connectivity index (χ1) is 9.88. The monoisotopic (exact) mass is 293 g/mol. The van der Waals surface area contributed by atoms with E-state index in [1.807, 2.05) is 0 Å². The van der Waals surface area contributed by atoms with Crippen LogP contribution in [-0.2, 0) is 22.6 Å². The normalized spacial score (nSPS) is 14.0. The van der Waals surface area contributed by atoms with Gasteiger partial charge in [-0.05, 0) is 38.7 Å². The average Bonchev–Trinajstić information content (AvgIpc) is 3.17. The zero-order valence-electron chi connectivity index (χ0n) is 12.2. The summed E-state index contributed by atoms with van der Waals surface area (Å²) in [6, 6.07) is 0.235. The number of aromatic nitrogens is 2. The highest BCUT2D eigenvalue weighted by Gasteiger charge is 2.24. The Labute approximate surface area is 122 Å². The maximum Gasteiger partial charge on any atom is 0.348 e. The molecule has 0 aromatic carbocycles. The summed E-state index contributed by atoms with van der Waals surface area (Å²) in [6.45, 7) is 3.33. The summed E-state index contributed by atoms with van der Waals surface area (Å²) in [7, 11) is 0. The lowest BCUT2D eigenvalue weighted by Gasteiger charge is -2.15. The van der Waals surface area contributed by atoms with E-state index < -0.39 is 11.7 Å². The van der Waals surface area contributed by atoms with E-state index in [-0.39, 0.29) is 24.9 Å². The fourth-order valence-electron chi connectivity index (χ4n) is 2.26. The topological polar surface area (TPSA) is 101 Å². The highest BCUT2D eigenvalue weighted by atomic mass is 16.4. The molecule has 21 heavy (non-hydrogen) atoms. The van der Waals surface area contributed by atoms with Crippen molar-refractivity contribution >= 4 is 11.9 Å². The second-order valence-corrected chi connectivity index (χ2v) is 5.37. The number of aryl methyl sites for hydroxylation is 1. The second kappa shape index (κ2) is 6.07. The Bertz CT molecular complexity index is 632. The Hall–Kier alpha value is -2.18. The van der Waals surface area contributed by atoms with Crippen LogP contribution in [0.5, 0.6) is 0 Å². The Kier molecular flexibility index (Phi) is 4.40. The average molecular weight is 293 g/mol. The van der Waals surface area contributed by atoms with Crippen LogP contribution in [0.2, 0.25) is 0 Å². The third kappa shape index (κ3) is 3.90. The first-order valence-corrected chi connectivity index (χ1v) is 6.96. The number of aliphatic carboxylic acids is 1. The van der Waals surface area contributed by atoms with Crippen molar-refractivity contribution in [3.8, 4) is 0 Å². The molecule has 2 N–H and O–H groups in total. The number of hydrogen-bond donors (Lipinski definition) is 2. The van der Waals surface area contributed by atoms with Crippen molar-refractivity contribution in [3.05, 3.63) is 27.4 Å². The van der Waals surface area contributed by atoms with Gasteiger partial charge in [-0.2, -0.15) is 4.98 Å². The molecule has 1 amide bonds. The first kappa shape index (κ1) is 15.2. The second-order valence-electron chi connectivity index (χ2n) is 5.37. The van der Waals surface area contributed by atoms with Gasteiger partial charge in [0.05, 0.1) is 0 Å². The molecule has 0 unspecified atom stereocenters. The van der Waals surface area contributed by atoms with Gasteiger partial charge in [-0.25, -0.2) is 4.79 Å². The van der Waals surface area contributed by atoms with Gasteiger partial charge in [0, 0.05) is 23.9 Å². The van der Waals surface area contributed by atoms with Crippen molar-refractivity contribution in [3.63, 3.8) is 0 Å². The van der Waals surface area contributed by atoms with Gasteiger partial charge in [-0.3, -0.25) is 14.2 Å². The van der Waals surface area contributed by atoms with E-state index in [1.54, 1.807) is 13.8 Å². The molecule has 0 aliphatic heterocycles. The Morgan fingerprint density at radius 2 is 2.05 bits per heavy atom. The molecule has 1 aliphatic rings. The van der Waals surface area contributed by atoms with Gasteiger partial charge in [0.15, 0.2) is 0 Å². The molecule has 1 saturated carbocycles. The summed E-state index contributed by atoms with van der Waals surface area (Å²) < 4.78 is 1.31. The van der Waals surface area contributed by atoms with Crippen LogP contribution in [0.4, 0.5) is 0 Å². The van der Waals surface area contributed by atoms with Crippen LogP contribution in [0.1, 0.15) is 36.2 Å². The maximum absolute atomic E-state index is 11.9. The smallest absolute Gasteiger partial charge is 0.348 e. The predicted molar refractivity (Wildman–Crippen MR) is 75.1 cm³/mol. The highest BCUT2D eigenvalue weighted by Crippen LogP contribution is 2.18. The van der Waals surface area contributed by atoms with E-state index in [1.165, 1.54) is 4.57 Å². The van der Waals surface area contributed by atoms with Gasteiger partial charge in [0.25, 0.3) is 0 Å². The molecule has 0 radical (unpaired) electrons. The largest absolute Gasteiger partial charge is 0.481 e. The molecule has 0 atom stereocenters. The molecule has 7 nitrogen and oxygen atoms in total. The lowest BCUT2D eigenvalue weighted by molar-refractivity contribution is -0.137. The molecular weight excluding hydrogens is 274 g/mol. The fourth-order valence-corrected chi connectivity index (χ4v) is 2.26. The van der Waals surface area contributed by atoms with Crippen LogP contribution < -0.4 is 11.0 Å². The van der Waals surface area contributed by atoms with E-state index in [9.17, 15) is 14.4 Å².